The van der Waals surface area contributed by atoms with E-state index in [4.69, 9.17) is 27.9 Å². The SMILES string of the molecule is O=C(NCCNS(=O)(=O)c1ccc(-c2ccccc2O[C@H]2CC[C@H](O)CC2)s1)Nc1cc(Cl)cc(Cl)c1. The number of ether oxygens (including phenoxy) is 1. The molecule has 4 rings (SSSR count). The van der Waals surface area contributed by atoms with Crippen LogP contribution in [0.4, 0.5) is 10.5 Å². The van der Waals surface area contributed by atoms with Crippen molar-refractivity contribution in [1.29, 1.82) is 0 Å². The predicted molar refractivity (Wildman–Crippen MR) is 147 cm³/mol. The van der Waals surface area contributed by atoms with Crippen molar-refractivity contribution in [2.75, 3.05) is 18.4 Å². The van der Waals surface area contributed by atoms with E-state index < -0.39 is 16.1 Å². The van der Waals surface area contributed by atoms with E-state index >= 15 is 0 Å². The number of carbonyl (C=O) groups is 1. The highest BCUT2D eigenvalue weighted by Crippen LogP contribution is 2.37. The van der Waals surface area contributed by atoms with Crippen LogP contribution in [0.1, 0.15) is 25.7 Å². The zero-order chi connectivity index (χ0) is 26.4. The highest BCUT2D eigenvalue weighted by Gasteiger charge is 2.23. The van der Waals surface area contributed by atoms with E-state index in [0.29, 0.717) is 34.3 Å². The summed E-state index contributed by atoms with van der Waals surface area (Å²) in [6, 6.07) is 15.0. The average molecular weight is 585 g/mol. The highest BCUT2D eigenvalue weighted by molar-refractivity contribution is 7.91. The minimum atomic E-state index is -3.77. The Bertz CT molecular complexity index is 1320. The summed E-state index contributed by atoms with van der Waals surface area (Å²) in [5.74, 6) is 0.693. The van der Waals surface area contributed by atoms with Crippen LogP contribution in [0.15, 0.2) is 58.8 Å². The van der Waals surface area contributed by atoms with Crippen LogP contribution in [0, 0.1) is 0 Å². The third kappa shape index (κ3) is 7.83. The van der Waals surface area contributed by atoms with Crippen molar-refractivity contribution in [2.24, 2.45) is 0 Å². The minimum Gasteiger partial charge on any atom is -0.490 e. The van der Waals surface area contributed by atoms with Crippen molar-refractivity contribution in [3.05, 3.63) is 64.6 Å². The Morgan fingerprint density at radius 3 is 2.43 bits per heavy atom. The molecule has 0 bridgehead atoms. The van der Waals surface area contributed by atoms with Gasteiger partial charge in [-0.3, -0.25) is 0 Å². The standard InChI is InChI=1S/C25H27Cl2N3O5S2/c26-16-13-17(27)15-18(14-16)30-25(32)28-11-12-29-37(33,34)24-10-9-23(36-24)21-3-1-2-4-22(21)35-20-7-5-19(31)6-8-20/h1-4,9-10,13-15,19-20,29,31H,5-8,11-12H2,(H2,28,30,32)/t19-,20-. The Morgan fingerprint density at radius 2 is 1.70 bits per heavy atom. The number of hydrogen-bond donors (Lipinski definition) is 4. The molecule has 0 unspecified atom stereocenters. The maximum absolute atomic E-state index is 12.8. The maximum Gasteiger partial charge on any atom is 0.319 e. The molecule has 0 saturated heterocycles. The Hall–Kier alpha value is -2.34. The lowest BCUT2D eigenvalue weighted by Gasteiger charge is -2.27. The minimum absolute atomic E-state index is 0.00647. The first-order chi connectivity index (χ1) is 17.7. The number of hydrogen-bond acceptors (Lipinski definition) is 6. The molecule has 1 aromatic heterocycles. The van der Waals surface area contributed by atoms with Crippen LogP contribution in [-0.2, 0) is 10.0 Å². The normalized spacial score (nSPS) is 17.8. The Kier molecular flexibility index (Phi) is 9.33. The molecule has 1 fully saturated rings. The molecule has 0 aliphatic heterocycles. The summed E-state index contributed by atoms with van der Waals surface area (Å²) in [6.45, 7) is 0.0802. The fourth-order valence-electron chi connectivity index (χ4n) is 3.96. The van der Waals surface area contributed by atoms with Crippen molar-refractivity contribution in [3.63, 3.8) is 0 Å². The number of anilines is 1. The topological polar surface area (TPSA) is 117 Å². The first-order valence-electron chi connectivity index (χ1n) is 11.7. The lowest BCUT2D eigenvalue weighted by atomic mass is 9.95. The summed E-state index contributed by atoms with van der Waals surface area (Å²) in [5.41, 5.74) is 1.24. The molecular weight excluding hydrogens is 557 g/mol. The third-order valence-electron chi connectivity index (χ3n) is 5.76. The van der Waals surface area contributed by atoms with Gasteiger partial charge in [0, 0.05) is 39.3 Å². The monoisotopic (exact) mass is 583 g/mol. The summed E-state index contributed by atoms with van der Waals surface area (Å²) >= 11 is 13.0. The second kappa shape index (κ2) is 12.5. The van der Waals surface area contributed by atoms with E-state index in [-0.39, 0.29) is 29.5 Å². The number of carbonyl (C=O) groups excluding carboxylic acids is 1. The van der Waals surface area contributed by atoms with E-state index in [1.54, 1.807) is 30.3 Å². The van der Waals surface area contributed by atoms with Crippen LogP contribution in [0.2, 0.25) is 10.0 Å². The van der Waals surface area contributed by atoms with E-state index in [1.165, 1.54) is 0 Å². The van der Waals surface area contributed by atoms with Gasteiger partial charge in [-0.1, -0.05) is 35.3 Å². The molecule has 0 spiro atoms. The Labute approximate surface area is 230 Å². The van der Waals surface area contributed by atoms with Gasteiger partial charge in [0.1, 0.15) is 9.96 Å². The van der Waals surface area contributed by atoms with E-state index in [1.807, 2.05) is 24.3 Å². The molecule has 198 valence electrons. The number of sulfonamides is 1. The number of thiophene rings is 1. The van der Waals surface area contributed by atoms with Crippen LogP contribution in [0.5, 0.6) is 5.75 Å². The molecule has 12 heteroatoms. The number of nitrogens with one attached hydrogen (secondary N) is 3. The van der Waals surface area contributed by atoms with Gasteiger partial charge in [0.05, 0.1) is 12.2 Å². The van der Waals surface area contributed by atoms with Gasteiger partial charge in [-0.25, -0.2) is 17.9 Å². The number of aliphatic hydroxyl groups is 1. The maximum atomic E-state index is 12.8. The van der Waals surface area contributed by atoms with Crippen LogP contribution in [0.25, 0.3) is 10.4 Å². The fraction of sp³-hybridized carbons (Fsp3) is 0.320. The molecule has 2 amide bonds. The van der Waals surface area contributed by atoms with E-state index in [0.717, 1.165) is 34.6 Å². The quantitative estimate of drug-likeness (QED) is 0.248. The van der Waals surface area contributed by atoms with Crippen LogP contribution >= 0.6 is 34.5 Å². The molecule has 2 aromatic carbocycles. The third-order valence-corrected chi connectivity index (χ3v) is 9.27. The van der Waals surface area contributed by atoms with Crippen LogP contribution in [-0.4, -0.2) is 44.9 Å². The largest absolute Gasteiger partial charge is 0.490 e. The second-order valence-electron chi connectivity index (χ2n) is 8.60. The van der Waals surface area contributed by atoms with E-state index in [9.17, 15) is 18.3 Å². The summed E-state index contributed by atoms with van der Waals surface area (Å²) in [5, 5.41) is 15.7. The Morgan fingerprint density at radius 1 is 1.00 bits per heavy atom. The van der Waals surface area contributed by atoms with Gasteiger partial charge >= 0.3 is 6.03 Å². The number of aliphatic hydroxyl groups excluding tert-OH is 1. The average Bonchev–Trinajstić information content (AvgIpc) is 3.34. The number of halogens is 2. The molecule has 1 heterocycles. The number of urea groups is 1. The second-order valence-corrected chi connectivity index (χ2v) is 12.6. The summed E-state index contributed by atoms with van der Waals surface area (Å²) in [6.07, 6.45) is 2.75. The lowest BCUT2D eigenvalue weighted by molar-refractivity contribution is 0.0669. The van der Waals surface area contributed by atoms with Gasteiger partial charge in [0.2, 0.25) is 10.0 Å². The van der Waals surface area contributed by atoms with Crippen molar-refractivity contribution in [2.45, 2.75) is 42.1 Å². The zero-order valence-corrected chi connectivity index (χ0v) is 22.9. The molecule has 8 nitrogen and oxygen atoms in total. The van der Waals surface area contributed by atoms with Crippen molar-refractivity contribution in [3.8, 4) is 16.2 Å². The number of amides is 2. The van der Waals surface area contributed by atoms with Crippen molar-refractivity contribution < 1.29 is 23.1 Å². The van der Waals surface area contributed by atoms with Gasteiger partial charge in [-0.15, -0.1) is 11.3 Å². The smallest absolute Gasteiger partial charge is 0.319 e. The van der Waals surface area contributed by atoms with Crippen molar-refractivity contribution >= 4 is 56.3 Å². The van der Waals surface area contributed by atoms with E-state index in [2.05, 4.69) is 15.4 Å². The van der Waals surface area contributed by atoms with Crippen LogP contribution in [0.3, 0.4) is 0 Å². The number of benzene rings is 2. The highest BCUT2D eigenvalue weighted by atomic mass is 35.5. The van der Waals surface area contributed by atoms with Gasteiger partial charge in [0.15, 0.2) is 0 Å². The fourth-order valence-corrected chi connectivity index (χ4v) is 6.90. The molecule has 4 N–H and O–H groups in total. The molecule has 1 aliphatic carbocycles. The zero-order valence-electron chi connectivity index (χ0n) is 19.7. The molecular formula is C25H27Cl2N3O5S2. The molecule has 37 heavy (non-hydrogen) atoms. The van der Waals surface area contributed by atoms with Crippen LogP contribution < -0.4 is 20.1 Å². The first kappa shape index (κ1) is 27.7. The number of rotatable bonds is 9. The van der Waals surface area contributed by atoms with Gasteiger partial charge < -0.3 is 20.5 Å². The van der Waals surface area contributed by atoms with Crippen molar-refractivity contribution in [1.82, 2.24) is 10.0 Å². The molecule has 0 atom stereocenters. The molecule has 0 radical (unpaired) electrons. The molecule has 1 saturated carbocycles. The molecule has 1 aliphatic rings. The summed E-state index contributed by atoms with van der Waals surface area (Å²) < 4.78 is 34.5. The lowest BCUT2D eigenvalue weighted by Crippen LogP contribution is -2.36. The summed E-state index contributed by atoms with van der Waals surface area (Å²) in [4.78, 5) is 12.8. The summed E-state index contributed by atoms with van der Waals surface area (Å²) in [7, 11) is -3.77. The van der Waals surface area contributed by atoms with Gasteiger partial charge in [-0.2, -0.15) is 0 Å². The molecule has 3 aromatic rings. The number of para-hydroxylation sites is 1. The van der Waals surface area contributed by atoms with Gasteiger partial charge in [0.25, 0.3) is 0 Å². The Balaban J connectivity index is 1.32. The predicted octanol–water partition coefficient (Wildman–Crippen LogP) is 5.50. The van der Waals surface area contributed by atoms with Gasteiger partial charge in [-0.05, 0) is 68.1 Å². The first-order valence-corrected chi connectivity index (χ1v) is 14.8.